The van der Waals surface area contributed by atoms with Crippen LogP contribution in [0.5, 0.6) is 0 Å². The number of hydrogen-bond donors (Lipinski definition) is 0. The van der Waals surface area contributed by atoms with Crippen molar-refractivity contribution in [2.75, 3.05) is 0 Å². The van der Waals surface area contributed by atoms with Gasteiger partial charge in [0.05, 0.1) is 11.2 Å². The average Bonchev–Trinajstić information content (AvgIpc) is 3.73. The summed E-state index contributed by atoms with van der Waals surface area (Å²) in [5.74, 6) is 0. The SMILES string of the molecule is CC(C)(C)c1ccnc(-c2[c-]nc3c(c2)c2cc(-c4ccccc4)cc4c5cc(-c6ccccc6)ccc5n3c42)c1.[Ir].[c-]1ccccc1-c1ccccn1. The van der Waals surface area contributed by atoms with Crippen molar-refractivity contribution in [1.82, 2.24) is 19.4 Å². The Balaban J connectivity index is 0.000000271. The first-order chi connectivity index (χ1) is 25.9. The Morgan fingerprint density at radius 1 is 0.519 bits per heavy atom. The van der Waals surface area contributed by atoms with E-state index in [0.29, 0.717) is 0 Å². The van der Waals surface area contributed by atoms with Gasteiger partial charge in [-0.25, -0.2) is 0 Å². The molecule has 54 heavy (non-hydrogen) atoms. The minimum absolute atomic E-state index is 0. The van der Waals surface area contributed by atoms with Gasteiger partial charge < -0.3 is 19.4 Å². The molecule has 10 aromatic rings. The van der Waals surface area contributed by atoms with Gasteiger partial charge in [0.1, 0.15) is 0 Å². The minimum atomic E-state index is 0. The second kappa shape index (κ2) is 14.4. The summed E-state index contributed by atoms with van der Waals surface area (Å²) in [5, 5.41) is 4.79. The summed E-state index contributed by atoms with van der Waals surface area (Å²) >= 11 is 0. The molecule has 0 aliphatic heterocycles. The molecule has 0 aliphatic rings. The summed E-state index contributed by atoms with van der Waals surface area (Å²) in [4.78, 5) is 13.9. The maximum absolute atomic E-state index is 4.97. The molecule has 0 unspecified atom stereocenters. The molecule has 5 aromatic carbocycles. The van der Waals surface area contributed by atoms with E-state index >= 15 is 0 Å². The van der Waals surface area contributed by atoms with Crippen LogP contribution in [0.25, 0.3) is 83.0 Å². The van der Waals surface area contributed by atoms with Crippen LogP contribution < -0.4 is 0 Å². The molecule has 0 saturated carbocycles. The Labute approximate surface area is 328 Å². The second-order valence-corrected chi connectivity index (χ2v) is 14.4. The van der Waals surface area contributed by atoms with Crippen molar-refractivity contribution in [2.24, 2.45) is 0 Å². The van der Waals surface area contributed by atoms with Crippen LogP contribution in [0.1, 0.15) is 26.3 Å². The summed E-state index contributed by atoms with van der Waals surface area (Å²) in [6.07, 6.45) is 7.03. The predicted molar refractivity (Wildman–Crippen MR) is 219 cm³/mol. The van der Waals surface area contributed by atoms with Gasteiger partial charge in [0.25, 0.3) is 0 Å². The van der Waals surface area contributed by atoms with Crippen LogP contribution in [0.4, 0.5) is 0 Å². The van der Waals surface area contributed by atoms with Crippen molar-refractivity contribution in [2.45, 2.75) is 26.2 Å². The van der Waals surface area contributed by atoms with Crippen molar-refractivity contribution in [3.63, 3.8) is 0 Å². The largest absolute Gasteiger partial charge is 0.335 e. The molecule has 5 aromatic heterocycles. The van der Waals surface area contributed by atoms with Gasteiger partial charge in [-0.1, -0.05) is 111 Å². The number of benzene rings is 5. The number of rotatable bonds is 4. The van der Waals surface area contributed by atoms with Gasteiger partial charge in [-0.3, -0.25) is 0 Å². The summed E-state index contributed by atoms with van der Waals surface area (Å²) in [5.41, 5.74) is 13.2. The molecule has 0 fully saturated rings. The number of fused-ring (bicyclic) bond motifs is 6. The van der Waals surface area contributed by atoms with Gasteiger partial charge in [0.15, 0.2) is 0 Å². The van der Waals surface area contributed by atoms with Crippen molar-refractivity contribution in [3.8, 4) is 44.8 Å². The van der Waals surface area contributed by atoms with Crippen LogP contribution >= 0.6 is 0 Å². The van der Waals surface area contributed by atoms with Crippen LogP contribution in [0.15, 0.2) is 164 Å². The van der Waals surface area contributed by atoms with Gasteiger partial charge in [0.2, 0.25) is 0 Å². The molecule has 0 N–H and O–H groups in total. The second-order valence-electron chi connectivity index (χ2n) is 14.4. The van der Waals surface area contributed by atoms with Crippen LogP contribution in [0, 0.1) is 12.3 Å². The summed E-state index contributed by atoms with van der Waals surface area (Å²) in [6.45, 7) is 6.68. The molecule has 10 rings (SSSR count). The molecule has 5 heterocycles. The van der Waals surface area contributed by atoms with Gasteiger partial charge in [-0.2, -0.15) is 0 Å². The van der Waals surface area contributed by atoms with Crippen LogP contribution in [-0.4, -0.2) is 19.4 Å². The molecule has 5 heteroatoms. The quantitative estimate of drug-likeness (QED) is 0.166. The first-order valence-electron chi connectivity index (χ1n) is 17.9. The van der Waals surface area contributed by atoms with E-state index in [-0.39, 0.29) is 25.5 Å². The molecule has 4 nitrogen and oxygen atoms in total. The Kier molecular flexibility index (Phi) is 9.37. The van der Waals surface area contributed by atoms with E-state index in [1.54, 1.807) is 6.20 Å². The molecule has 0 aliphatic carbocycles. The van der Waals surface area contributed by atoms with Crippen molar-refractivity contribution < 1.29 is 20.1 Å². The number of nitrogens with zero attached hydrogens (tertiary/aromatic N) is 4. The molecule has 1 radical (unpaired) electrons. The Bertz CT molecular complexity index is 2810. The number of hydrogen-bond acceptors (Lipinski definition) is 3. The van der Waals surface area contributed by atoms with E-state index < -0.39 is 0 Å². The van der Waals surface area contributed by atoms with E-state index in [1.807, 2.05) is 48.7 Å². The molecular formula is C49H36IrN4-2. The smallest absolute Gasteiger partial charge is 0.0604 e. The predicted octanol–water partition coefficient (Wildman–Crippen LogP) is 12.3. The maximum atomic E-state index is 4.97. The van der Waals surface area contributed by atoms with Gasteiger partial charge in [0, 0.05) is 48.8 Å². The number of aromatic nitrogens is 4. The van der Waals surface area contributed by atoms with Gasteiger partial charge in [-0.05, 0) is 92.6 Å². The third-order valence-corrected chi connectivity index (χ3v) is 9.94. The fourth-order valence-corrected chi connectivity index (χ4v) is 7.21. The van der Waals surface area contributed by atoms with E-state index in [1.165, 1.54) is 49.5 Å². The first-order valence-corrected chi connectivity index (χ1v) is 17.9. The van der Waals surface area contributed by atoms with Crippen molar-refractivity contribution in [3.05, 3.63) is 182 Å². The fourth-order valence-electron chi connectivity index (χ4n) is 7.21. The minimum Gasteiger partial charge on any atom is -0.335 e. The zero-order valence-corrected chi connectivity index (χ0v) is 32.6. The van der Waals surface area contributed by atoms with E-state index in [9.17, 15) is 0 Å². The Hall–Kier alpha value is -6.00. The van der Waals surface area contributed by atoms with Gasteiger partial charge >= 0.3 is 0 Å². The first kappa shape index (κ1) is 35.1. The van der Waals surface area contributed by atoms with Crippen LogP contribution in [0.2, 0.25) is 0 Å². The zero-order valence-electron chi connectivity index (χ0n) is 30.2. The van der Waals surface area contributed by atoms with Crippen LogP contribution in [-0.2, 0) is 25.5 Å². The Morgan fingerprint density at radius 3 is 1.87 bits per heavy atom. The van der Waals surface area contributed by atoms with Gasteiger partial charge in [-0.15, -0.1) is 47.5 Å². The van der Waals surface area contributed by atoms with Crippen LogP contribution in [0.3, 0.4) is 0 Å². The molecule has 0 bridgehead atoms. The third kappa shape index (κ3) is 6.47. The molecule has 263 valence electrons. The fraction of sp³-hybridized carbons (Fsp3) is 0.0816. The van der Waals surface area contributed by atoms with E-state index in [0.717, 1.165) is 39.1 Å². The van der Waals surface area contributed by atoms with Crippen molar-refractivity contribution in [1.29, 1.82) is 0 Å². The topological polar surface area (TPSA) is 43.1 Å². The van der Waals surface area contributed by atoms with E-state index in [2.05, 4.69) is 152 Å². The normalized spacial score (nSPS) is 11.5. The molecular weight excluding hydrogens is 837 g/mol. The average molecular weight is 873 g/mol. The zero-order chi connectivity index (χ0) is 35.9. The number of pyridine rings is 3. The molecule has 0 spiro atoms. The third-order valence-electron chi connectivity index (χ3n) is 9.94. The molecule has 0 atom stereocenters. The summed E-state index contributed by atoms with van der Waals surface area (Å²) < 4.78 is 2.32. The monoisotopic (exact) mass is 873 g/mol. The Morgan fingerprint density at radius 2 is 1.19 bits per heavy atom. The summed E-state index contributed by atoms with van der Waals surface area (Å²) in [7, 11) is 0. The van der Waals surface area contributed by atoms with E-state index in [4.69, 9.17) is 9.97 Å². The molecule has 0 saturated heterocycles. The van der Waals surface area contributed by atoms with Crippen molar-refractivity contribution >= 4 is 38.2 Å². The standard InChI is InChI=1S/C38H28N3.C11H8N.Ir/c1-38(2,3)29-16-17-39-34(22-29)28-21-33-32-20-27(25-12-8-5-9-13-25)19-31-30-18-26(24-10-6-4-7-11-24)14-15-35(30)41(36(31)32)37(33)40-23-28;1-2-6-10(7-3-1)11-8-4-5-9-12-11;/h4-22H,1-3H3;1-6,8-9H;/q2*-1;. The summed E-state index contributed by atoms with van der Waals surface area (Å²) in [6, 6.07) is 56.0. The maximum Gasteiger partial charge on any atom is 0.0604 e. The molecule has 0 amide bonds.